The van der Waals surface area contributed by atoms with Crippen molar-refractivity contribution in [2.75, 3.05) is 23.7 Å². The quantitative estimate of drug-likeness (QED) is 0.594. The fraction of sp³-hybridized carbons (Fsp3) is 0.375. The van der Waals surface area contributed by atoms with Gasteiger partial charge >= 0.3 is 0 Å². The molecule has 2 aromatic rings. The second kappa shape index (κ2) is 6.89. The summed E-state index contributed by atoms with van der Waals surface area (Å²) in [5.74, 6) is 1.54. The number of aryl methyl sites for hydroxylation is 1. The lowest BCUT2D eigenvalue weighted by atomic mass is 10.1. The van der Waals surface area contributed by atoms with E-state index in [0.717, 1.165) is 36.1 Å². The summed E-state index contributed by atoms with van der Waals surface area (Å²) >= 11 is 0. The topological polar surface area (TPSA) is 49.8 Å². The highest BCUT2D eigenvalue weighted by Gasteiger charge is 2.07. The van der Waals surface area contributed by atoms with Gasteiger partial charge in [0.1, 0.15) is 5.82 Å². The van der Waals surface area contributed by atoms with E-state index in [0.29, 0.717) is 12.5 Å². The van der Waals surface area contributed by atoms with Gasteiger partial charge in [-0.15, -0.1) is 6.58 Å². The number of aromatic nitrogens is 2. The number of benzene rings is 1. The third-order valence-electron chi connectivity index (χ3n) is 3.08. The zero-order valence-electron chi connectivity index (χ0n) is 12.2. The van der Waals surface area contributed by atoms with E-state index in [1.54, 1.807) is 6.08 Å². The van der Waals surface area contributed by atoms with Crippen molar-refractivity contribution in [3.8, 4) is 0 Å². The van der Waals surface area contributed by atoms with Gasteiger partial charge in [0, 0.05) is 18.5 Å². The molecule has 1 aromatic carbocycles. The third-order valence-corrected chi connectivity index (χ3v) is 3.08. The summed E-state index contributed by atoms with van der Waals surface area (Å²) in [6.45, 7) is 9.55. The Morgan fingerprint density at radius 3 is 2.85 bits per heavy atom. The molecule has 0 aliphatic heterocycles. The van der Waals surface area contributed by atoms with Gasteiger partial charge in [-0.3, -0.25) is 0 Å². The van der Waals surface area contributed by atoms with Crippen LogP contribution >= 0.6 is 0 Å². The Kier molecular flexibility index (Phi) is 4.93. The molecular formula is C16H22N4. The number of nitrogens with one attached hydrogen (secondary N) is 2. The Balaban J connectivity index is 2.37. The summed E-state index contributed by atoms with van der Waals surface area (Å²) in [6.07, 6.45) is 4.09. The van der Waals surface area contributed by atoms with E-state index in [2.05, 4.69) is 53.2 Å². The van der Waals surface area contributed by atoms with Crippen molar-refractivity contribution in [3.63, 3.8) is 0 Å². The van der Waals surface area contributed by atoms with Crippen LogP contribution in [0.5, 0.6) is 0 Å². The molecule has 0 fully saturated rings. The zero-order chi connectivity index (χ0) is 14.4. The molecule has 0 atom stereocenters. The van der Waals surface area contributed by atoms with Crippen LogP contribution in [0.15, 0.2) is 30.9 Å². The molecule has 0 bridgehead atoms. The summed E-state index contributed by atoms with van der Waals surface area (Å²) in [5.41, 5.74) is 2.17. The van der Waals surface area contributed by atoms with Gasteiger partial charge in [0.2, 0.25) is 5.95 Å². The molecule has 20 heavy (non-hydrogen) atoms. The van der Waals surface area contributed by atoms with Crippen LogP contribution in [0.3, 0.4) is 0 Å². The monoisotopic (exact) mass is 270 g/mol. The van der Waals surface area contributed by atoms with E-state index in [4.69, 9.17) is 0 Å². The molecule has 1 heterocycles. The van der Waals surface area contributed by atoms with Crippen molar-refractivity contribution in [1.29, 1.82) is 0 Å². The van der Waals surface area contributed by atoms with E-state index >= 15 is 0 Å². The van der Waals surface area contributed by atoms with Crippen molar-refractivity contribution in [3.05, 3.63) is 36.4 Å². The Morgan fingerprint density at radius 1 is 1.25 bits per heavy atom. The molecule has 106 valence electrons. The fourth-order valence-electron chi connectivity index (χ4n) is 2.00. The maximum Gasteiger partial charge on any atom is 0.225 e. The fourth-order valence-corrected chi connectivity index (χ4v) is 2.00. The minimum Gasteiger partial charge on any atom is -0.369 e. The lowest BCUT2D eigenvalue weighted by Crippen LogP contribution is -2.08. The highest BCUT2D eigenvalue weighted by atomic mass is 15.1. The van der Waals surface area contributed by atoms with Crippen molar-refractivity contribution in [2.24, 2.45) is 0 Å². The summed E-state index contributed by atoms with van der Waals surface area (Å²) in [5, 5.41) is 7.64. The summed E-state index contributed by atoms with van der Waals surface area (Å²) < 4.78 is 0. The summed E-state index contributed by atoms with van der Waals surface area (Å²) in [4.78, 5) is 9.10. The van der Waals surface area contributed by atoms with Gasteiger partial charge in [-0.1, -0.05) is 31.1 Å². The summed E-state index contributed by atoms with van der Waals surface area (Å²) in [7, 11) is 0. The van der Waals surface area contributed by atoms with Gasteiger partial charge in [-0.2, -0.15) is 4.98 Å². The van der Waals surface area contributed by atoms with E-state index in [1.165, 1.54) is 5.56 Å². The minimum absolute atomic E-state index is 0.639. The average molecular weight is 270 g/mol. The molecule has 0 radical (unpaired) electrons. The maximum absolute atomic E-state index is 4.57. The normalized spacial score (nSPS) is 10.5. The van der Waals surface area contributed by atoms with Crippen LogP contribution in [0, 0.1) is 6.92 Å². The third kappa shape index (κ3) is 3.47. The van der Waals surface area contributed by atoms with Crippen LogP contribution < -0.4 is 10.6 Å². The van der Waals surface area contributed by atoms with Gasteiger partial charge in [0.05, 0.1) is 5.52 Å². The van der Waals surface area contributed by atoms with E-state index in [-0.39, 0.29) is 0 Å². The zero-order valence-corrected chi connectivity index (χ0v) is 12.2. The smallest absolute Gasteiger partial charge is 0.225 e. The number of unbranched alkanes of at least 4 members (excludes halogenated alkanes) is 1. The standard InChI is InChI=1S/C16H22N4/c1-4-6-10-17-15-13-11-12(3)7-8-14(13)19-16(20-15)18-9-5-2/h5,7-8,11H,2,4,6,9-10H2,1,3H3,(H2,17,18,19,20). The largest absolute Gasteiger partial charge is 0.369 e. The Hall–Kier alpha value is -2.10. The first-order chi connectivity index (χ1) is 9.74. The minimum atomic E-state index is 0.639. The molecule has 4 nitrogen and oxygen atoms in total. The van der Waals surface area contributed by atoms with Gasteiger partial charge in [-0.05, 0) is 25.5 Å². The van der Waals surface area contributed by atoms with Crippen molar-refractivity contribution >= 4 is 22.7 Å². The molecule has 0 aliphatic rings. The highest BCUT2D eigenvalue weighted by Crippen LogP contribution is 2.23. The van der Waals surface area contributed by atoms with Crippen LogP contribution in [0.2, 0.25) is 0 Å². The van der Waals surface area contributed by atoms with E-state index < -0.39 is 0 Å². The predicted molar refractivity (Wildman–Crippen MR) is 86.4 cm³/mol. The average Bonchev–Trinajstić information content (AvgIpc) is 2.45. The number of nitrogens with zero attached hydrogens (tertiary/aromatic N) is 2. The van der Waals surface area contributed by atoms with Crippen molar-refractivity contribution < 1.29 is 0 Å². The SMILES string of the molecule is C=CCNc1nc(NCCCC)c2cc(C)ccc2n1. The van der Waals surface area contributed by atoms with Gasteiger partial charge in [0.15, 0.2) is 0 Å². The number of hydrogen-bond donors (Lipinski definition) is 2. The van der Waals surface area contributed by atoms with Crippen LogP contribution in [0.4, 0.5) is 11.8 Å². The molecule has 0 saturated heterocycles. The highest BCUT2D eigenvalue weighted by molar-refractivity contribution is 5.90. The first-order valence-electron chi connectivity index (χ1n) is 7.11. The second-order valence-corrected chi connectivity index (χ2v) is 4.87. The van der Waals surface area contributed by atoms with E-state index in [1.807, 2.05) is 6.07 Å². The van der Waals surface area contributed by atoms with Gasteiger partial charge in [-0.25, -0.2) is 4.98 Å². The number of fused-ring (bicyclic) bond motifs is 1. The second-order valence-electron chi connectivity index (χ2n) is 4.87. The molecule has 0 amide bonds. The van der Waals surface area contributed by atoms with Gasteiger partial charge in [0.25, 0.3) is 0 Å². The summed E-state index contributed by atoms with van der Waals surface area (Å²) in [6, 6.07) is 6.24. The van der Waals surface area contributed by atoms with Crippen LogP contribution in [0.25, 0.3) is 10.9 Å². The molecule has 0 unspecified atom stereocenters. The Morgan fingerprint density at radius 2 is 2.10 bits per heavy atom. The van der Waals surface area contributed by atoms with Gasteiger partial charge < -0.3 is 10.6 Å². The van der Waals surface area contributed by atoms with Crippen LogP contribution in [0.1, 0.15) is 25.3 Å². The number of anilines is 2. The predicted octanol–water partition coefficient (Wildman–Crippen LogP) is 3.75. The molecule has 1 aromatic heterocycles. The van der Waals surface area contributed by atoms with Crippen molar-refractivity contribution in [1.82, 2.24) is 9.97 Å². The molecule has 2 rings (SSSR count). The Labute approximate surface area is 120 Å². The number of rotatable bonds is 7. The van der Waals surface area contributed by atoms with Crippen molar-refractivity contribution in [2.45, 2.75) is 26.7 Å². The molecule has 4 heteroatoms. The number of hydrogen-bond acceptors (Lipinski definition) is 4. The molecule has 0 saturated carbocycles. The molecular weight excluding hydrogens is 248 g/mol. The first kappa shape index (κ1) is 14.3. The lowest BCUT2D eigenvalue weighted by molar-refractivity contribution is 0.831. The molecule has 2 N–H and O–H groups in total. The molecule has 0 aliphatic carbocycles. The van der Waals surface area contributed by atoms with E-state index in [9.17, 15) is 0 Å². The lowest BCUT2D eigenvalue weighted by Gasteiger charge is -2.11. The van der Waals surface area contributed by atoms with Crippen LogP contribution in [-0.4, -0.2) is 23.1 Å². The molecule has 0 spiro atoms. The Bertz CT molecular complexity index is 592. The first-order valence-corrected chi connectivity index (χ1v) is 7.11. The maximum atomic E-state index is 4.57. The van der Waals surface area contributed by atoms with Crippen LogP contribution in [-0.2, 0) is 0 Å².